The Labute approximate surface area is 49.8 Å². The van der Waals surface area contributed by atoms with Crippen LogP contribution < -0.4 is 5.32 Å². The van der Waals surface area contributed by atoms with Crippen molar-refractivity contribution in [2.24, 2.45) is 4.99 Å². The van der Waals surface area contributed by atoms with Gasteiger partial charge in [-0.1, -0.05) is 0 Å². The molecule has 0 spiro atoms. The Morgan fingerprint density at radius 2 is 2.00 bits per heavy atom. The van der Waals surface area contributed by atoms with Crippen molar-refractivity contribution < 1.29 is 14.4 Å². The van der Waals surface area contributed by atoms with E-state index in [4.69, 9.17) is 0 Å². The lowest BCUT2D eigenvalue weighted by molar-refractivity contribution is -0.140. The van der Waals surface area contributed by atoms with Gasteiger partial charge < -0.3 is 0 Å². The summed E-state index contributed by atoms with van der Waals surface area (Å²) in [4.78, 5) is 33.3. The number of aliphatic imine (C=N–C) groups is 1. The quantitative estimate of drug-likeness (QED) is 0.304. The van der Waals surface area contributed by atoms with E-state index in [2.05, 4.69) is 4.99 Å². The molecule has 0 aromatic heterocycles. The molecule has 0 atom stereocenters. The predicted octanol–water partition coefficient (Wildman–Crippen LogP) is -1.88. The molecule has 0 bridgehead atoms. The molecule has 1 N–H and O–H groups in total. The van der Waals surface area contributed by atoms with Crippen molar-refractivity contribution >= 4 is 23.9 Å². The lowest BCUT2D eigenvalue weighted by Crippen LogP contribution is -2.39. The maximum Gasteiger partial charge on any atom is 0.336 e. The highest BCUT2D eigenvalue weighted by molar-refractivity contribution is 6.49. The van der Waals surface area contributed by atoms with E-state index in [-0.39, 0.29) is 0 Å². The van der Waals surface area contributed by atoms with Gasteiger partial charge in [0, 0.05) is 0 Å². The highest BCUT2D eigenvalue weighted by atomic mass is 16.2. The molecule has 0 aliphatic carbocycles. The molecule has 1 heterocycles. The van der Waals surface area contributed by atoms with Gasteiger partial charge in [0.2, 0.25) is 0 Å². The molecule has 0 aromatic carbocycles. The zero-order valence-electron chi connectivity index (χ0n) is 4.17. The SMILES string of the molecule is O=C1[C]=NC(=O)C(=O)N1. The lowest BCUT2D eigenvalue weighted by atomic mass is 10.4. The van der Waals surface area contributed by atoms with Gasteiger partial charge >= 0.3 is 11.8 Å². The van der Waals surface area contributed by atoms with Crippen molar-refractivity contribution in [2.45, 2.75) is 0 Å². The van der Waals surface area contributed by atoms with E-state index in [0.29, 0.717) is 0 Å². The molecule has 45 valence electrons. The average Bonchev–Trinajstić information content (AvgIpc) is 1.80. The number of carbonyl (C=O) groups excluding carboxylic acids is 3. The highest BCUT2D eigenvalue weighted by Gasteiger charge is 2.19. The van der Waals surface area contributed by atoms with Crippen LogP contribution >= 0.6 is 0 Å². The van der Waals surface area contributed by atoms with Crippen molar-refractivity contribution in [3.63, 3.8) is 0 Å². The Balaban J connectivity index is 2.89. The number of imide groups is 1. The first-order chi connectivity index (χ1) is 4.20. The second-order valence-corrected chi connectivity index (χ2v) is 1.31. The zero-order chi connectivity index (χ0) is 6.85. The molecule has 0 saturated heterocycles. The van der Waals surface area contributed by atoms with Crippen molar-refractivity contribution in [3.8, 4) is 0 Å². The minimum Gasteiger partial charge on any atom is -0.282 e. The smallest absolute Gasteiger partial charge is 0.282 e. The first kappa shape index (κ1) is 5.61. The van der Waals surface area contributed by atoms with E-state index >= 15 is 0 Å². The van der Waals surface area contributed by atoms with Gasteiger partial charge in [-0.2, -0.15) is 4.99 Å². The fourth-order valence-electron chi connectivity index (χ4n) is 0.337. The molecular weight excluding hydrogens is 124 g/mol. The van der Waals surface area contributed by atoms with Crippen LogP contribution in [-0.4, -0.2) is 23.9 Å². The van der Waals surface area contributed by atoms with Crippen LogP contribution in [0.3, 0.4) is 0 Å². The third-order valence-corrected chi connectivity index (χ3v) is 0.680. The normalized spacial score (nSPS) is 18.0. The van der Waals surface area contributed by atoms with E-state index in [1.807, 2.05) is 0 Å². The minimum atomic E-state index is -1.00. The highest BCUT2D eigenvalue weighted by Crippen LogP contribution is 1.80. The molecule has 0 saturated carbocycles. The van der Waals surface area contributed by atoms with Crippen LogP contribution in [0.5, 0.6) is 0 Å². The fourth-order valence-corrected chi connectivity index (χ4v) is 0.337. The molecule has 0 aromatic rings. The Morgan fingerprint density at radius 1 is 1.33 bits per heavy atom. The van der Waals surface area contributed by atoms with E-state index in [1.54, 1.807) is 11.5 Å². The van der Waals surface area contributed by atoms with E-state index < -0.39 is 17.7 Å². The Hall–Kier alpha value is -1.52. The van der Waals surface area contributed by atoms with E-state index in [1.165, 1.54) is 0 Å². The first-order valence-electron chi connectivity index (χ1n) is 2.06. The maximum atomic E-state index is 10.2. The van der Waals surface area contributed by atoms with Gasteiger partial charge in [-0.15, -0.1) is 0 Å². The zero-order valence-corrected chi connectivity index (χ0v) is 4.17. The van der Waals surface area contributed by atoms with E-state index in [9.17, 15) is 14.4 Å². The van der Waals surface area contributed by atoms with Crippen LogP contribution in [-0.2, 0) is 14.4 Å². The summed E-state index contributed by atoms with van der Waals surface area (Å²) >= 11 is 0. The number of nitrogens with zero attached hydrogens (tertiary/aromatic N) is 1. The van der Waals surface area contributed by atoms with Crippen LogP contribution in [0.15, 0.2) is 4.99 Å². The molecule has 1 rings (SSSR count). The summed E-state index contributed by atoms with van der Waals surface area (Å²) in [6, 6.07) is 0. The molecule has 1 radical (unpaired) electrons. The van der Waals surface area contributed by atoms with Gasteiger partial charge in [-0.25, -0.2) is 0 Å². The van der Waals surface area contributed by atoms with Crippen LogP contribution in [0.1, 0.15) is 0 Å². The van der Waals surface area contributed by atoms with Gasteiger partial charge in [0.1, 0.15) is 0 Å². The molecule has 0 fully saturated rings. The first-order valence-corrected chi connectivity index (χ1v) is 2.06. The molecule has 9 heavy (non-hydrogen) atoms. The van der Waals surface area contributed by atoms with Crippen molar-refractivity contribution in [3.05, 3.63) is 0 Å². The van der Waals surface area contributed by atoms with Crippen LogP contribution in [0.25, 0.3) is 0 Å². The average molecular weight is 125 g/mol. The summed E-state index contributed by atoms with van der Waals surface area (Å²) in [7, 11) is 0. The summed E-state index contributed by atoms with van der Waals surface area (Å²) in [5, 5.41) is 1.70. The third-order valence-electron chi connectivity index (χ3n) is 0.680. The number of carbonyl (C=O) groups is 3. The molecular formula is C4HN2O3. The third kappa shape index (κ3) is 0.987. The maximum absolute atomic E-state index is 10.2. The second kappa shape index (κ2) is 1.77. The van der Waals surface area contributed by atoms with Gasteiger partial charge in [0.15, 0.2) is 6.21 Å². The Kier molecular flexibility index (Phi) is 1.11. The van der Waals surface area contributed by atoms with Crippen LogP contribution in [0, 0.1) is 0 Å². The lowest BCUT2D eigenvalue weighted by Gasteiger charge is -1.98. The molecule has 0 unspecified atom stereocenters. The van der Waals surface area contributed by atoms with Crippen LogP contribution in [0.2, 0.25) is 0 Å². The van der Waals surface area contributed by atoms with Crippen molar-refractivity contribution in [1.29, 1.82) is 0 Å². The number of amides is 3. The molecule has 1 aliphatic heterocycles. The largest absolute Gasteiger partial charge is 0.336 e. The molecule has 1 aliphatic rings. The molecule has 3 amide bonds. The van der Waals surface area contributed by atoms with Gasteiger partial charge in [0.05, 0.1) is 0 Å². The number of rotatable bonds is 0. The fraction of sp³-hybridized carbons (Fsp3) is 0. The summed E-state index contributed by atoms with van der Waals surface area (Å²) in [5.74, 6) is -2.77. The number of hydrogen-bond acceptors (Lipinski definition) is 3. The van der Waals surface area contributed by atoms with Gasteiger partial charge in [-0.05, 0) is 0 Å². The van der Waals surface area contributed by atoms with Gasteiger partial charge in [-0.3, -0.25) is 19.7 Å². The topological polar surface area (TPSA) is 75.6 Å². The van der Waals surface area contributed by atoms with Crippen molar-refractivity contribution in [1.82, 2.24) is 5.32 Å². The van der Waals surface area contributed by atoms with Gasteiger partial charge in [0.25, 0.3) is 5.91 Å². The Morgan fingerprint density at radius 3 is 2.44 bits per heavy atom. The minimum absolute atomic E-state index is 0.778. The van der Waals surface area contributed by atoms with E-state index in [0.717, 1.165) is 0 Å². The number of nitrogens with one attached hydrogen (secondary N) is 1. The summed E-state index contributed by atoms with van der Waals surface area (Å²) < 4.78 is 0. The van der Waals surface area contributed by atoms with Crippen molar-refractivity contribution in [2.75, 3.05) is 0 Å². The summed E-state index contributed by atoms with van der Waals surface area (Å²) in [5.41, 5.74) is 0. The summed E-state index contributed by atoms with van der Waals surface area (Å²) in [6.45, 7) is 0. The molecule has 5 heteroatoms. The molecule has 5 nitrogen and oxygen atoms in total. The standard InChI is InChI=1S/C4HN2O3/c7-2-1-5-3(8)4(9)6-2/h(H,6,7,9). The predicted molar refractivity (Wildman–Crippen MR) is 25.6 cm³/mol. The van der Waals surface area contributed by atoms with Crippen LogP contribution in [0.4, 0.5) is 0 Å². The second-order valence-electron chi connectivity index (χ2n) is 1.31. The Bertz CT molecular complexity index is 218. The monoisotopic (exact) mass is 125 g/mol. The number of hydrogen-bond donors (Lipinski definition) is 1. The summed E-state index contributed by atoms with van der Waals surface area (Å²) in [6.07, 6.45) is 1.77.